The third-order valence-electron chi connectivity index (χ3n) is 4.86. The lowest BCUT2D eigenvalue weighted by atomic mass is 10.0. The molecule has 0 bridgehead atoms. The van der Waals surface area contributed by atoms with Crippen molar-refractivity contribution in [3.8, 4) is 28.3 Å². The summed E-state index contributed by atoms with van der Waals surface area (Å²) in [6.07, 6.45) is 2.41. The van der Waals surface area contributed by atoms with Gasteiger partial charge in [-0.15, -0.1) is 11.3 Å². The number of halogens is 2. The summed E-state index contributed by atoms with van der Waals surface area (Å²) in [5, 5.41) is 6.96. The van der Waals surface area contributed by atoms with Gasteiger partial charge < -0.3 is 10.1 Å². The van der Waals surface area contributed by atoms with Gasteiger partial charge in [0.05, 0.1) is 17.0 Å². The van der Waals surface area contributed by atoms with E-state index in [1.54, 1.807) is 35.1 Å². The molecule has 0 fully saturated rings. The van der Waals surface area contributed by atoms with Crippen LogP contribution in [-0.2, 0) is 6.54 Å². The van der Waals surface area contributed by atoms with Crippen LogP contribution < -0.4 is 10.1 Å². The number of hydrogen-bond donors (Lipinski definition) is 1. The number of carbonyl (C=O) groups is 1. The van der Waals surface area contributed by atoms with Crippen LogP contribution in [0.5, 0.6) is 5.88 Å². The molecule has 0 saturated carbocycles. The molecule has 1 N–H and O–H groups in total. The molecule has 1 aromatic carbocycles. The fourth-order valence-corrected chi connectivity index (χ4v) is 4.09. The van der Waals surface area contributed by atoms with Crippen molar-refractivity contribution in [2.75, 3.05) is 11.9 Å². The highest BCUT2D eigenvalue weighted by Gasteiger charge is 2.25. The molecule has 31 heavy (non-hydrogen) atoms. The number of nitrogens with zero attached hydrogens (tertiary/aromatic N) is 3. The second-order valence-corrected chi connectivity index (χ2v) is 7.98. The van der Waals surface area contributed by atoms with Crippen molar-refractivity contribution in [1.29, 1.82) is 0 Å². The molecule has 156 valence electrons. The Kier molecular flexibility index (Phi) is 4.95. The van der Waals surface area contributed by atoms with Gasteiger partial charge in [-0.25, -0.2) is 14.1 Å². The number of pyridine rings is 1. The largest absolute Gasteiger partial charge is 0.477 e. The zero-order valence-electron chi connectivity index (χ0n) is 16.1. The summed E-state index contributed by atoms with van der Waals surface area (Å²) in [7, 11) is 0. The van der Waals surface area contributed by atoms with E-state index in [2.05, 4.69) is 15.4 Å². The lowest BCUT2D eigenvalue weighted by Crippen LogP contribution is -2.15. The number of ether oxygens (including phenoxy) is 1. The third kappa shape index (κ3) is 3.79. The first kappa shape index (κ1) is 19.4. The number of rotatable bonds is 4. The number of nitrogens with one attached hydrogen (secondary N) is 1. The zero-order chi connectivity index (χ0) is 21.4. The fourth-order valence-electron chi connectivity index (χ4n) is 3.47. The van der Waals surface area contributed by atoms with Crippen LogP contribution in [0.1, 0.15) is 16.1 Å². The summed E-state index contributed by atoms with van der Waals surface area (Å²) in [5.74, 6) is 0.168. The second kappa shape index (κ2) is 7.92. The molecule has 0 spiro atoms. The van der Waals surface area contributed by atoms with E-state index < -0.39 is 11.0 Å². The first-order valence-electron chi connectivity index (χ1n) is 9.61. The van der Waals surface area contributed by atoms with Crippen LogP contribution >= 0.6 is 11.3 Å². The fraction of sp³-hybridized carbons (Fsp3) is 0.136. The normalized spacial score (nSPS) is 12.8. The van der Waals surface area contributed by atoms with E-state index in [0.29, 0.717) is 30.5 Å². The highest BCUT2D eigenvalue weighted by Crippen LogP contribution is 2.41. The minimum absolute atomic E-state index is 0.253. The number of fused-ring (bicyclic) bond motifs is 1. The predicted molar refractivity (Wildman–Crippen MR) is 113 cm³/mol. The Hall–Kier alpha value is -3.59. The lowest BCUT2D eigenvalue weighted by molar-refractivity contribution is 0.103. The highest BCUT2D eigenvalue weighted by molar-refractivity contribution is 7.12. The molecule has 6 nitrogen and oxygen atoms in total. The Morgan fingerprint density at radius 2 is 1.94 bits per heavy atom. The van der Waals surface area contributed by atoms with Gasteiger partial charge in [-0.2, -0.15) is 9.49 Å². The van der Waals surface area contributed by atoms with Crippen molar-refractivity contribution in [3.05, 3.63) is 70.6 Å². The van der Waals surface area contributed by atoms with Crippen molar-refractivity contribution < 1.29 is 18.3 Å². The molecule has 1 aliphatic rings. The summed E-state index contributed by atoms with van der Waals surface area (Å²) < 4.78 is 34.4. The summed E-state index contributed by atoms with van der Waals surface area (Å²) in [6, 6.07) is 12.3. The van der Waals surface area contributed by atoms with E-state index in [0.717, 1.165) is 34.4 Å². The van der Waals surface area contributed by atoms with E-state index >= 15 is 0 Å². The molecule has 3 aromatic heterocycles. The van der Waals surface area contributed by atoms with Crippen molar-refractivity contribution in [2.45, 2.75) is 13.0 Å². The maximum Gasteiger partial charge on any atom is 0.266 e. The zero-order valence-corrected chi connectivity index (χ0v) is 17.0. The summed E-state index contributed by atoms with van der Waals surface area (Å²) in [4.78, 5) is 16.9. The second-order valence-electron chi connectivity index (χ2n) is 6.95. The van der Waals surface area contributed by atoms with Crippen LogP contribution in [0.4, 0.5) is 14.6 Å². The molecular weight excluding hydrogens is 422 g/mol. The minimum Gasteiger partial charge on any atom is -0.477 e. The standard InChI is InChI=1S/C22H16F2N4O2S/c23-15-4-2-13(3-5-15)20-19(22-28(27-20)10-1-11-30-22)14-8-9-25-18(12-14)26-21(29)16-6-7-17(24)31-16/h2-9,12H,1,10-11H2,(H,25,26,29). The van der Waals surface area contributed by atoms with Crippen LogP contribution in [-0.4, -0.2) is 27.3 Å². The van der Waals surface area contributed by atoms with Gasteiger partial charge in [0.25, 0.3) is 5.91 Å². The molecule has 4 aromatic rings. The van der Waals surface area contributed by atoms with Crippen molar-refractivity contribution in [3.63, 3.8) is 0 Å². The average molecular weight is 438 g/mol. The number of benzene rings is 1. The molecule has 9 heteroatoms. The van der Waals surface area contributed by atoms with Gasteiger partial charge in [-0.1, -0.05) is 0 Å². The van der Waals surface area contributed by atoms with Crippen LogP contribution in [0.15, 0.2) is 54.7 Å². The Labute approximate surface area is 180 Å². The van der Waals surface area contributed by atoms with E-state index in [9.17, 15) is 13.6 Å². The van der Waals surface area contributed by atoms with Crippen LogP contribution in [0.25, 0.3) is 22.4 Å². The molecule has 0 saturated heterocycles. The maximum atomic E-state index is 13.4. The summed E-state index contributed by atoms with van der Waals surface area (Å²) in [5.41, 5.74) is 2.88. The maximum absolute atomic E-state index is 13.4. The van der Waals surface area contributed by atoms with Crippen molar-refractivity contribution in [1.82, 2.24) is 14.8 Å². The molecule has 5 rings (SSSR count). The van der Waals surface area contributed by atoms with Crippen LogP contribution in [0.2, 0.25) is 0 Å². The Morgan fingerprint density at radius 3 is 2.71 bits per heavy atom. The SMILES string of the molecule is O=C(Nc1cc(-c2c(-c3ccc(F)cc3)nn3c2OCCC3)ccn1)c1ccc(F)s1. The quantitative estimate of drug-likeness (QED) is 0.488. The van der Waals surface area contributed by atoms with Gasteiger partial charge in [0.1, 0.15) is 17.3 Å². The molecular formula is C22H16F2N4O2S. The van der Waals surface area contributed by atoms with Crippen molar-refractivity contribution >= 4 is 23.1 Å². The predicted octanol–water partition coefficient (Wildman–Crippen LogP) is 4.99. The van der Waals surface area contributed by atoms with E-state index in [1.165, 1.54) is 24.3 Å². The topological polar surface area (TPSA) is 69.0 Å². The Bertz CT molecular complexity index is 1270. The molecule has 0 radical (unpaired) electrons. The Morgan fingerprint density at radius 1 is 1.10 bits per heavy atom. The number of thiophene rings is 1. The number of aromatic nitrogens is 3. The average Bonchev–Trinajstić information content (AvgIpc) is 3.38. The van der Waals surface area contributed by atoms with Gasteiger partial charge in [0.2, 0.25) is 5.88 Å². The number of carbonyl (C=O) groups excluding carboxylic acids is 1. The van der Waals surface area contributed by atoms with E-state index in [4.69, 9.17) is 4.74 Å². The van der Waals surface area contributed by atoms with Gasteiger partial charge in [-0.05, 0) is 54.1 Å². The third-order valence-corrected chi connectivity index (χ3v) is 5.74. The van der Waals surface area contributed by atoms with Crippen LogP contribution in [0.3, 0.4) is 0 Å². The Balaban J connectivity index is 1.55. The van der Waals surface area contributed by atoms with Gasteiger partial charge in [-0.3, -0.25) is 4.79 Å². The molecule has 0 unspecified atom stereocenters. The monoisotopic (exact) mass is 438 g/mol. The van der Waals surface area contributed by atoms with Gasteiger partial charge in [0.15, 0.2) is 5.13 Å². The van der Waals surface area contributed by atoms with Gasteiger partial charge in [0, 0.05) is 24.7 Å². The number of aryl methyl sites for hydroxylation is 1. The highest BCUT2D eigenvalue weighted by atomic mass is 32.1. The molecule has 1 amide bonds. The number of hydrogen-bond acceptors (Lipinski definition) is 5. The minimum atomic E-state index is -0.439. The first-order chi connectivity index (χ1) is 15.1. The van der Waals surface area contributed by atoms with E-state index in [-0.39, 0.29) is 10.7 Å². The van der Waals surface area contributed by atoms with Crippen LogP contribution in [0, 0.1) is 10.9 Å². The first-order valence-corrected chi connectivity index (χ1v) is 10.4. The number of anilines is 1. The molecule has 4 heterocycles. The van der Waals surface area contributed by atoms with Crippen molar-refractivity contribution in [2.24, 2.45) is 0 Å². The smallest absolute Gasteiger partial charge is 0.266 e. The molecule has 1 aliphatic heterocycles. The number of amides is 1. The lowest BCUT2D eigenvalue weighted by Gasteiger charge is -2.16. The molecule has 0 aliphatic carbocycles. The van der Waals surface area contributed by atoms with Gasteiger partial charge >= 0.3 is 0 Å². The summed E-state index contributed by atoms with van der Waals surface area (Å²) in [6.45, 7) is 1.28. The summed E-state index contributed by atoms with van der Waals surface area (Å²) >= 11 is 0.766. The molecule has 0 atom stereocenters. The van der Waals surface area contributed by atoms with E-state index in [1.807, 2.05) is 0 Å².